The van der Waals surface area contributed by atoms with E-state index in [4.69, 9.17) is 9.97 Å². The quantitative estimate of drug-likeness (QED) is 0.209. The van der Waals surface area contributed by atoms with Crippen molar-refractivity contribution in [1.82, 2.24) is 14.5 Å². The highest BCUT2D eigenvalue weighted by Crippen LogP contribution is 2.45. The lowest BCUT2D eigenvalue weighted by molar-refractivity contribution is 1.02. The molecular weight excluding hydrogens is 506 g/mol. The molecule has 0 saturated carbocycles. The summed E-state index contributed by atoms with van der Waals surface area (Å²) >= 11 is 1.80. The van der Waals surface area contributed by atoms with Crippen LogP contribution in [0.4, 0.5) is 0 Å². The Morgan fingerprint density at radius 3 is 2.02 bits per heavy atom. The lowest BCUT2D eigenvalue weighted by Gasteiger charge is -2.13. The molecule has 9 aromatic rings. The maximum absolute atomic E-state index is 5.32. The van der Waals surface area contributed by atoms with Crippen molar-refractivity contribution in [1.29, 1.82) is 0 Å². The van der Waals surface area contributed by atoms with Crippen LogP contribution in [0.1, 0.15) is 0 Å². The van der Waals surface area contributed by atoms with Crippen molar-refractivity contribution in [2.24, 2.45) is 0 Å². The minimum Gasteiger partial charge on any atom is -0.277 e. The summed E-state index contributed by atoms with van der Waals surface area (Å²) in [6.45, 7) is 0. The van der Waals surface area contributed by atoms with Crippen molar-refractivity contribution in [2.45, 2.75) is 0 Å². The number of aromatic nitrogens is 3. The van der Waals surface area contributed by atoms with Crippen molar-refractivity contribution in [3.8, 4) is 17.2 Å². The highest BCUT2D eigenvalue weighted by atomic mass is 32.1. The summed E-state index contributed by atoms with van der Waals surface area (Å²) in [5, 5.41) is 12.0. The SMILES string of the molecule is c1ccc(-c2nc(-n3c4ccc5ccsc5c4c4c5ccccc5c5ccccc5c43)nc3ccccc23)cc1. The molecular formula is C36H21N3S. The van der Waals surface area contributed by atoms with E-state index < -0.39 is 0 Å². The molecule has 0 atom stereocenters. The van der Waals surface area contributed by atoms with E-state index in [0.29, 0.717) is 5.95 Å². The molecule has 0 spiro atoms. The molecule has 40 heavy (non-hydrogen) atoms. The number of hydrogen-bond donors (Lipinski definition) is 0. The van der Waals surface area contributed by atoms with Gasteiger partial charge in [0.2, 0.25) is 5.95 Å². The monoisotopic (exact) mass is 527 g/mol. The Bertz CT molecular complexity index is 2430. The fourth-order valence-electron chi connectivity index (χ4n) is 6.37. The third kappa shape index (κ3) is 2.94. The molecule has 0 radical (unpaired) electrons. The standard InChI is InChI=1S/C36H21N3S/c1-2-10-22(11-3-1)33-28-16-8-9-17-29(28)37-36(38-33)39-30-19-18-23-20-21-40-35(23)32(30)31-26-14-6-4-12-24(26)25-13-5-7-15-27(25)34(31)39/h1-21H. The summed E-state index contributed by atoms with van der Waals surface area (Å²) in [5.74, 6) is 0.689. The zero-order chi connectivity index (χ0) is 26.2. The van der Waals surface area contributed by atoms with E-state index in [1.165, 1.54) is 42.4 Å². The van der Waals surface area contributed by atoms with Gasteiger partial charge in [0.15, 0.2) is 0 Å². The molecule has 6 aromatic carbocycles. The van der Waals surface area contributed by atoms with Gasteiger partial charge in [-0.05, 0) is 45.1 Å². The third-order valence-corrected chi connectivity index (χ3v) is 9.01. The summed E-state index contributed by atoms with van der Waals surface area (Å²) in [6, 6.07) is 43.0. The zero-order valence-corrected chi connectivity index (χ0v) is 22.2. The number of hydrogen-bond acceptors (Lipinski definition) is 3. The minimum absolute atomic E-state index is 0.689. The molecule has 0 saturated heterocycles. The summed E-state index contributed by atoms with van der Waals surface area (Å²) in [4.78, 5) is 10.5. The topological polar surface area (TPSA) is 30.7 Å². The van der Waals surface area contributed by atoms with E-state index in [9.17, 15) is 0 Å². The Kier molecular flexibility index (Phi) is 4.48. The van der Waals surface area contributed by atoms with Crippen LogP contribution in [0.5, 0.6) is 0 Å². The average Bonchev–Trinajstić information content (AvgIpc) is 3.64. The lowest BCUT2D eigenvalue weighted by Crippen LogP contribution is -2.03. The number of nitrogens with zero attached hydrogens (tertiary/aromatic N) is 3. The van der Waals surface area contributed by atoms with E-state index in [1.807, 2.05) is 6.07 Å². The highest BCUT2D eigenvalue weighted by Gasteiger charge is 2.23. The first-order valence-corrected chi connectivity index (χ1v) is 14.3. The number of para-hydroxylation sites is 1. The van der Waals surface area contributed by atoms with Gasteiger partial charge < -0.3 is 0 Å². The predicted octanol–water partition coefficient (Wildman–Crippen LogP) is 9.91. The average molecular weight is 528 g/mol. The number of thiophene rings is 1. The summed E-state index contributed by atoms with van der Waals surface area (Å²) in [5.41, 5.74) is 5.24. The van der Waals surface area contributed by atoms with Crippen LogP contribution in [0.15, 0.2) is 127 Å². The van der Waals surface area contributed by atoms with E-state index in [1.54, 1.807) is 11.3 Å². The Morgan fingerprint density at radius 1 is 0.525 bits per heavy atom. The molecule has 0 aliphatic carbocycles. The van der Waals surface area contributed by atoms with Crippen LogP contribution >= 0.6 is 11.3 Å². The first-order valence-electron chi connectivity index (χ1n) is 13.4. The number of rotatable bonds is 2. The van der Waals surface area contributed by atoms with E-state index >= 15 is 0 Å². The molecule has 0 unspecified atom stereocenters. The third-order valence-electron chi connectivity index (χ3n) is 8.06. The van der Waals surface area contributed by atoms with E-state index in [0.717, 1.165) is 33.2 Å². The minimum atomic E-state index is 0.689. The summed E-state index contributed by atoms with van der Waals surface area (Å²) < 4.78 is 3.60. The van der Waals surface area contributed by atoms with Crippen molar-refractivity contribution < 1.29 is 0 Å². The second-order valence-electron chi connectivity index (χ2n) is 10.2. The Labute approximate surface area is 233 Å². The van der Waals surface area contributed by atoms with Gasteiger partial charge in [-0.25, -0.2) is 9.97 Å². The van der Waals surface area contributed by atoms with Gasteiger partial charge >= 0.3 is 0 Å². The number of benzene rings is 6. The molecule has 9 rings (SSSR count). The second kappa shape index (κ2) is 8.22. The molecule has 0 aliphatic heterocycles. The molecule has 186 valence electrons. The molecule has 0 N–H and O–H groups in total. The van der Waals surface area contributed by atoms with Gasteiger partial charge in [0.05, 0.1) is 22.2 Å². The van der Waals surface area contributed by atoms with Crippen LogP contribution in [-0.2, 0) is 0 Å². The van der Waals surface area contributed by atoms with Gasteiger partial charge in [0, 0.05) is 31.8 Å². The Hall–Kier alpha value is -5.06. The molecule has 3 aromatic heterocycles. The van der Waals surface area contributed by atoms with Crippen LogP contribution in [-0.4, -0.2) is 14.5 Å². The normalized spacial score (nSPS) is 12.0. The van der Waals surface area contributed by atoms with Gasteiger partial charge in [-0.15, -0.1) is 11.3 Å². The predicted molar refractivity (Wildman–Crippen MR) is 170 cm³/mol. The fraction of sp³-hybridized carbons (Fsp3) is 0. The Balaban J connectivity index is 1.56. The lowest BCUT2D eigenvalue weighted by atomic mass is 9.96. The van der Waals surface area contributed by atoms with Gasteiger partial charge in [-0.2, -0.15) is 0 Å². The van der Waals surface area contributed by atoms with Gasteiger partial charge in [-0.3, -0.25) is 4.57 Å². The van der Waals surface area contributed by atoms with Gasteiger partial charge in [0.1, 0.15) is 0 Å². The van der Waals surface area contributed by atoms with Crippen LogP contribution in [0.25, 0.3) is 81.5 Å². The molecule has 0 bridgehead atoms. The van der Waals surface area contributed by atoms with Crippen LogP contribution < -0.4 is 0 Å². The van der Waals surface area contributed by atoms with Crippen molar-refractivity contribution in [3.63, 3.8) is 0 Å². The fourth-order valence-corrected chi connectivity index (χ4v) is 7.31. The molecule has 0 aliphatic rings. The van der Waals surface area contributed by atoms with Crippen LogP contribution in [0, 0.1) is 0 Å². The van der Waals surface area contributed by atoms with Gasteiger partial charge in [-0.1, -0.05) is 103 Å². The molecule has 0 fully saturated rings. The van der Waals surface area contributed by atoms with Crippen molar-refractivity contribution >= 4 is 75.7 Å². The Morgan fingerprint density at radius 2 is 1.20 bits per heavy atom. The molecule has 3 heterocycles. The molecule has 3 nitrogen and oxygen atoms in total. The van der Waals surface area contributed by atoms with E-state index in [-0.39, 0.29) is 0 Å². The molecule has 4 heteroatoms. The first-order chi connectivity index (χ1) is 19.9. The molecule has 0 amide bonds. The van der Waals surface area contributed by atoms with Crippen molar-refractivity contribution in [2.75, 3.05) is 0 Å². The summed E-state index contributed by atoms with van der Waals surface area (Å²) in [7, 11) is 0. The van der Waals surface area contributed by atoms with Crippen molar-refractivity contribution in [3.05, 3.63) is 127 Å². The first kappa shape index (κ1) is 21.8. The van der Waals surface area contributed by atoms with E-state index in [2.05, 4.69) is 125 Å². The second-order valence-corrected chi connectivity index (χ2v) is 11.1. The smallest absolute Gasteiger partial charge is 0.235 e. The van der Waals surface area contributed by atoms with Gasteiger partial charge in [0.25, 0.3) is 0 Å². The highest BCUT2D eigenvalue weighted by molar-refractivity contribution is 7.18. The maximum Gasteiger partial charge on any atom is 0.235 e. The number of fused-ring (bicyclic) bond motifs is 11. The van der Waals surface area contributed by atoms with Crippen LogP contribution in [0.3, 0.4) is 0 Å². The zero-order valence-electron chi connectivity index (χ0n) is 21.4. The summed E-state index contributed by atoms with van der Waals surface area (Å²) in [6.07, 6.45) is 0. The maximum atomic E-state index is 5.32. The van der Waals surface area contributed by atoms with Crippen LogP contribution in [0.2, 0.25) is 0 Å². The largest absolute Gasteiger partial charge is 0.277 e.